The summed E-state index contributed by atoms with van der Waals surface area (Å²) in [4.78, 5) is 10.2. The summed E-state index contributed by atoms with van der Waals surface area (Å²) in [6.45, 7) is 1.35. The molecule has 1 aliphatic rings. The van der Waals surface area contributed by atoms with Crippen molar-refractivity contribution in [1.82, 2.24) is 9.97 Å². The van der Waals surface area contributed by atoms with Crippen LogP contribution in [0.25, 0.3) is 0 Å². The second-order valence-corrected chi connectivity index (χ2v) is 3.98. The average Bonchev–Trinajstić information content (AvgIpc) is 2.81. The number of methoxy groups -OCH3 is 2. The van der Waals surface area contributed by atoms with E-state index in [1.165, 1.54) is 6.33 Å². The summed E-state index contributed by atoms with van der Waals surface area (Å²) in [7, 11) is 3.35. The maximum absolute atomic E-state index is 9.26. The molecular weight excluding hydrogens is 222 g/mol. The van der Waals surface area contributed by atoms with Crippen molar-refractivity contribution >= 4 is 5.82 Å². The van der Waals surface area contributed by atoms with Crippen LogP contribution < -0.4 is 4.90 Å². The lowest BCUT2D eigenvalue weighted by atomic mass is 10.3. The van der Waals surface area contributed by atoms with Gasteiger partial charge in [0.1, 0.15) is 24.4 Å². The van der Waals surface area contributed by atoms with Crippen LogP contribution in [0.4, 0.5) is 5.82 Å². The van der Waals surface area contributed by atoms with Crippen molar-refractivity contribution in [2.75, 3.05) is 32.2 Å². The van der Waals surface area contributed by atoms with Crippen LogP contribution in [0, 0.1) is 0 Å². The Balaban J connectivity index is 2.18. The van der Waals surface area contributed by atoms with Gasteiger partial charge in [-0.2, -0.15) is 0 Å². The fourth-order valence-corrected chi connectivity index (χ4v) is 2.12. The van der Waals surface area contributed by atoms with Crippen molar-refractivity contribution in [3.63, 3.8) is 0 Å². The van der Waals surface area contributed by atoms with Crippen LogP contribution >= 0.6 is 0 Å². The van der Waals surface area contributed by atoms with Gasteiger partial charge in [-0.05, 0) is 0 Å². The molecular formula is C11H17N3O3. The fraction of sp³-hybridized carbons (Fsp3) is 0.636. The lowest BCUT2D eigenvalue weighted by Gasteiger charge is -2.18. The van der Waals surface area contributed by atoms with E-state index in [1.807, 2.05) is 0 Å². The number of rotatable bonds is 4. The van der Waals surface area contributed by atoms with Gasteiger partial charge in [-0.25, -0.2) is 9.97 Å². The van der Waals surface area contributed by atoms with E-state index in [4.69, 9.17) is 9.47 Å². The molecule has 1 aromatic rings. The molecule has 0 saturated carbocycles. The predicted octanol–water partition coefficient (Wildman–Crippen LogP) is -0.181. The minimum absolute atomic E-state index is 0.0292. The molecule has 94 valence electrons. The first-order chi connectivity index (χ1) is 8.30. The molecule has 2 unspecified atom stereocenters. The molecule has 0 amide bonds. The van der Waals surface area contributed by atoms with E-state index in [1.54, 1.807) is 20.4 Å². The Morgan fingerprint density at radius 3 is 2.53 bits per heavy atom. The third kappa shape index (κ3) is 2.38. The van der Waals surface area contributed by atoms with Crippen molar-refractivity contribution in [2.45, 2.75) is 18.8 Å². The largest absolute Gasteiger partial charge is 0.391 e. The highest BCUT2D eigenvalue weighted by molar-refractivity contribution is 5.46. The number of ether oxygens (including phenoxy) is 2. The number of aliphatic hydroxyl groups excluding tert-OH is 1. The summed E-state index contributed by atoms with van der Waals surface area (Å²) in [5.74, 6) is 0.754. The highest BCUT2D eigenvalue weighted by atomic mass is 16.5. The van der Waals surface area contributed by atoms with E-state index in [-0.39, 0.29) is 18.8 Å². The SMILES string of the molecule is COC1CN(c2ncncc2CO)CC1OC. The monoisotopic (exact) mass is 239 g/mol. The standard InChI is InChI=1S/C11H17N3O3/c1-16-9-4-14(5-10(9)17-2)11-8(6-15)3-12-7-13-11/h3,7,9-10,15H,4-6H2,1-2H3. The summed E-state index contributed by atoms with van der Waals surface area (Å²) >= 11 is 0. The van der Waals surface area contributed by atoms with Gasteiger partial charge in [-0.1, -0.05) is 0 Å². The Morgan fingerprint density at radius 1 is 1.35 bits per heavy atom. The Hall–Kier alpha value is -1.24. The molecule has 1 N–H and O–H groups in total. The van der Waals surface area contributed by atoms with Crippen LogP contribution in [0.5, 0.6) is 0 Å². The number of hydrogen-bond donors (Lipinski definition) is 1. The van der Waals surface area contributed by atoms with E-state index < -0.39 is 0 Å². The maximum atomic E-state index is 9.26. The van der Waals surface area contributed by atoms with Crippen molar-refractivity contribution in [3.05, 3.63) is 18.1 Å². The van der Waals surface area contributed by atoms with Gasteiger partial charge in [-0.15, -0.1) is 0 Å². The van der Waals surface area contributed by atoms with Crippen LogP contribution in [-0.2, 0) is 16.1 Å². The van der Waals surface area contributed by atoms with Crippen molar-refractivity contribution in [2.24, 2.45) is 0 Å². The van der Waals surface area contributed by atoms with Gasteiger partial charge in [0.2, 0.25) is 0 Å². The summed E-state index contributed by atoms with van der Waals surface area (Å²) in [6, 6.07) is 0. The van der Waals surface area contributed by atoms with E-state index >= 15 is 0 Å². The van der Waals surface area contributed by atoms with Gasteiger partial charge < -0.3 is 19.5 Å². The number of anilines is 1. The van der Waals surface area contributed by atoms with Gasteiger partial charge in [0.15, 0.2) is 0 Å². The van der Waals surface area contributed by atoms with Crippen molar-refractivity contribution in [3.8, 4) is 0 Å². The minimum Gasteiger partial charge on any atom is -0.391 e. The van der Waals surface area contributed by atoms with E-state index in [9.17, 15) is 5.11 Å². The molecule has 1 aromatic heterocycles. The molecule has 0 aromatic carbocycles. The molecule has 1 saturated heterocycles. The zero-order valence-corrected chi connectivity index (χ0v) is 10.0. The summed E-state index contributed by atoms with van der Waals surface area (Å²) in [6.07, 6.45) is 3.17. The zero-order valence-electron chi connectivity index (χ0n) is 10.0. The smallest absolute Gasteiger partial charge is 0.137 e. The Kier molecular flexibility index (Phi) is 3.88. The molecule has 6 nitrogen and oxygen atoms in total. The summed E-state index contributed by atoms with van der Waals surface area (Å²) in [5, 5.41) is 9.26. The first-order valence-corrected chi connectivity index (χ1v) is 5.50. The predicted molar refractivity (Wildman–Crippen MR) is 61.8 cm³/mol. The quantitative estimate of drug-likeness (QED) is 0.786. The summed E-state index contributed by atoms with van der Waals surface area (Å²) in [5.41, 5.74) is 0.721. The molecule has 1 aliphatic heterocycles. The number of aliphatic hydroxyl groups is 1. The average molecular weight is 239 g/mol. The third-order valence-corrected chi connectivity index (χ3v) is 3.05. The second kappa shape index (κ2) is 5.39. The number of hydrogen-bond acceptors (Lipinski definition) is 6. The van der Waals surface area contributed by atoms with E-state index in [2.05, 4.69) is 14.9 Å². The van der Waals surface area contributed by atoms with Crippen LogP contribution in [0.15, 0.2) is 12.5 Å². The highest BCUT2D eigenvalue weighted by Crippen LogP contribution is 2.24. The molecule has 17 heavy (non-hydrogen) atoms. The Bertz CT molecular complexity index is 363. The molecule has 1 fully saturated rings. The van der Waals surface area contributed by atoms with Crippen LogP contribution in [0.2, 0.25) is 0 Å². The lowest BCUT2D eigenvalue weighted by Crippen LogP contribution is -2.27. The van der Waals surface area contributed by atoms with E-state index in [0.717, 1.165) is 11.4 Å². The zero-order chi connectivity index (χ0) is 12.3. The molecule has 2 heterocycles. The van der Waals surface area contributed by atoms with Gasteiger partial charge in [0.05, 0.1) is 6.61 Å². The highest BCUT2D eigenvalue weighted by Gasteiger charge is 2.34. The Labute approximate surface area is 100 Å². The second-order valence-electron chi connectivity index (χ2n) is 3.98. The third-order valence-electron chi connectivity index (χ3n) is 3.05. The van der Waals surface area contributed by atoms with Crippen molar-refractivity contribution < 1.29 is 14.6 Å². The molecule has 0 aliphatic carbocycles. The molecule has 2 rings (SSSR count). The number of nitrogens with zero attached hydrogens (tertiary/aromatic N) is 3. The van der Waals surface area contributed by atoms with Crippen molar-refractivity contribution in [1.29, 1.82) is 0 Å². The van der Waals surface area contributed by atoms with Gasteiger partial charge in [-0.3, -0.25) is 0 Å². The topological polar surface area (TPSA) is 67.7 Å². The number of aromatic nitrogens is 2. The van der Waals surface area contributed by atoms with Crippen LogP contribution in [0.3, 0.4) is 0 Å². The van der Waals surface area contributed by atoms with Gasteiger partial charge >= 0.3 is 0 Å². The molecule has 0 spiro atoms. The lowest BCUT2D eigenvalue weighted by molar-refractivity contribution is -0.00461. The molecule has 0 bridgehead atoms. The van der Waals surface area contributed by atoms with Crippen LogP contribution in [-0.4, -0.2) is 54.6 Å². The molecule has 0 radical (unpaired) electrons. The Morgan fingerprint density at radius 2 is 2.00 bits per heavy atom. The first-order valence-electron chi connectivity index (χ1n) is 5.50. The van der Waals surface area contributed by atoms with Gasteiger partial charge in [0.25, 0.3) is 0 Å². The first kappa shape index (κ1) is 12.2. The van der Waals surface area contributed by atoms with E-state index in [0.29, 0.717) is 13.1 Å². The minimum atomic E-state index is -0.0675. The van der Waals surface area contributed by atoms with Crippen LogP contribution in [0.1, 0.15) is 5.56 Å². The summed E-state index contributed by atoms with van der Waals surface area (Å²) < 4.78 is 10.7. The van der Waals surface area contributed by atoms with Gasteiger partial charge in [0, 0.05) is 39.1 Å². The molecule has 6 heteroatoms. The normalized spacial score (nSPS) is 24.3. The maximum Gasteiger partial charge on any atom is 0.137 e. The molecule has 2 atom stereocenters. The fourth-order valence-electron chi connectivity index (χ4n) is 2.12.